The van der Waals surface area contributed by atoms with Crippen LogP contribution in [-0.4, -0.2) is 35.4 Å². The average molecular weight is 401 g/mol. The average Bonchev–Trinajstić information content (AvgIpc) is 2.71. The van der Waals surface area contributed by atoms with Gasteiger partial charge >= 0.3 is 0 Å². The Bertz CT molecular complexity index is 803. The van der Waals surface area contributed by atoms with Gasteiger partial charge in [0.15, 0.2) is 0 Å². The minimum atomic E-state index is -0.233. The second-order valence-corrected chi connectivity index (χ2v) is 7.61. The Morgan fingerprint density at radius 3 is 2.96 bits per heavy atom. The molecule has 1 fully saturated rings. The normalized spacial score (nSPS) is 19.0. The number of rotatable bonds is 8. The van der Waals surface area contributed by atoms with E-state index >= 15 is 0 Å². The zero-order valence-electron chi connectivity index (χ0n) is 15.7. The molecule has 148 valence electrons. The van der Waals surface area contributed by atoms with Crippen LogP contribution in [0.3, 0.4) is 0 Å². The molecular formula is C20H24N4O3S. The van der Waals surface area contributed by atoms with Gasteiger partial charge in [0.1, 0.15) is 11.2 Å². The maximum Gasteiger partial charge on any atom is 0.223 e. The SMILES string of the molecule is COc1cccc(CSC2NC(=O)CC(CC(=O)NCc3cccnc3)N2)c1. The number of thioether (sulfide) groups is 1. The van der Waals surface area contributed by atoms with Gasteiger partial charge in [-0.3, -0.25) is 19.9 Å². The van der Waals surface area contributed by atoms with Crippen LogP contribution in [0.4, 0.5) is 0 Å². The molecule has 0 aliphatic carbocycles. The van der Waals surface area contributed by atoms with Gasteiger partial charge in [-0.2, -0.15) is 0 Å². The molecule has 1 saturated heterocycles. The molecule has 1 aromatic heterocycles. The Balaban J connectivity index is 1.46. The van der Waals surface area contributed by atoms with Crippen molar-refractivity contribution in [3.8, 4) is 5.75 Å². The van der Waals surface area contributed by atoms with Crippen molar-refractivity contribution < 1.29 is 14.3 Å². The zero-order valence-corrected chi connectivity index (χ0v) is 16.5. The van der Waals surface area contributed by atoms with Crippen LogP contribution in [0.5, 0.6) is 5.75 Å². The van der Waals surface area contributed by atoms with Crippen molar-refractivity contribution in [3.05, 3.63) is 59.9 Å². The van der Waals surface area contributed by atoms with Crippen molar-refractivity contribution in [1.29, 1.82) is 0 Å². The fourth-order valence-corrected chi connectivity index (χ4v) is 3.95. The number of nitrogens with one attached hydrogen (secondary N) is 3. The predicted octanol–water partition coefficient (Wildman–Crippen LogP) is 1.79. The summed E-state index contributed by atoms with van der Waals surface area (Å²) >= 11 is 1.58. The van der Waals surface area contributed by atoms with Crippen LogP contribution in [-0.2, 0) is 21.9 Å². The van der Waals surface area contributed by atoms with E-state index in [9.17, 15) is 9.59 Å². The number of aromatic nitrogens is 1. The van der Waals surface area contributed by atoms with Gasteiger partial charge in [0.05, 0.1) is 7.11 Å². The summed E-state index contributed by atoms with van der Waals surface area (Å²) in [5.74, 6) is 1.39. The van der Waals surface area contributed by atoms with Gasteiger partial charge in [0.2, 0.25) is 11.8 Å². The molecule has 8 heteroatoms. The monoisotopic (exact) mass is 400 g/mol. The number of ether oxygens (including phenoxy) is 1. The van der Waals surface area contributed by atoms with Crippen molar-refractivity contribution in [3.63, 3.8) is 0 Å². The van der Waals surface area contributed by atoms with Crippen molar-refractivity contribution in [2.75, 3.05) is 7.11 Å². The number of hydrogen-bond acceptors (Lipinski definition) is 6. The first-order chi connectivity index (χ1) is 13.6. The van der Waals surface area contributed by atoms with E-state index in [4.69, 9.17) is 4.74 Å². The lowest BCUT2D eigenvalue weighted by Crippen LogP contribution is -2.55. The molecule has 2 atom stereocenters. The topological polar surface area (TPSA) is 92.3 Å². The lowest BCUT2D eigenvalue weighted by atomic mass is 10.1. The molecule has 28 heavy (non-hydrogen) atoms. The third-order valence-corrected chi connectivity index (χ3v) is 5.39. The van der Waals surface area contributed by atoms with E-state index in [0.29, 0.717) is 6.54 Å². The molecule has 2 aromatic rings. The Labute approximate surface area is 168 Å². The van der Waals surface area contributed by atoms with Crippen LogP contribution >= 0.6 is 11.8 Å². The van der Waals surface area contributed by atoms with Gasteiger partial charge in [-0.05, 0) is 29.3 Å². The van der Waals surface area contributed by atoms with Gasteiger partial charge in [0.25, 0.3) is 0 Å². The maximum atomic E-state index is 12.2. The predicted molar refractivity (Wildman–Crippen MR) is 108 cm³/mol. The molecule has 2 unspecified atom stereocenters. The molecule has 0 radical (unpaired) electrons. The fourth-order valence-electron chi connectivity index (χ4n) is 2.91. The number of pyridine rings is 1. The van der Waals surface area contributed by atoms with E-state index in [0.717, 1.165) is 22.6 Å². The quantitative estimate of drug-likeness (QED) is 0.626. The van der Waals surface area contributed by atoms with E-state index in [1.54, 1.807) is 31.3 Å². The van der Waals surface area contributed by atoms with E-state index in [2.05, 4.69) is 20.9 Å². The smallest absolute Gasteiger partial charge is 0.223 e. The summed E-state index contributed by atoms with van der Waals surface area (Å²) in [5.41, 5.74) is 1.82. The van der Waals surface area contributed by atoms with Gasteiger partial charge in [-0.15, -0.1) is 11.8 Å². The number of hydrogen-bond donors (Lipinski definition) is 3. The van der Waals surface area contributed by atoms with Crippen LogP contribution < -0.4 is 20.7 Å². The number of benzene rings is 1. The number of methoxy groups -OCH3 is 1. The number of carbonyl (C=O) groups excluding carboxylic acids is 2. The lowest BCUT2D eigenvalue weighted by Gasteiger charge is -2.31. The molecule has 1 aliphatic heterocycles. The molecule has 0 spiro atoms. The van der Waals surface area contributed by atoms with Gasteiger partial charge in [0, 0.05) is 43.6 Å². The highest BCUT2D eigenvalue weighted by atomic mass is 32.2. The summed E-state index contributed by atoms with van der Waals surface area (Å²) < 4.78 is 5.24. The first kappa shape index (κ1) is 20.2. The summed E-state index contributed by atoms with van der Waals surface area (Å²) in [4.78, 5) is 28.3. The molecule has 2 amide bonds. The van der Waals surface area contributed by atoms with E-state index in [1.807, 2.05) is 36.4 Å². The molecule has 1 aliphatic rings. The largest absolute Gasteiger partial charge is 0.497 e. The van der Waals surface area contributed by atoms with Crippen molar-refractivity contribution in [1.82, 2.24) is 20.9 Å². The van der Waals surface area contributed by atoms with Crippen molar-refractivity contribution in [2.45, 2.75) is 36.7 Å². The highest BCUT2D eigenvalue weighted by Crippen LogP contribution is 2.21. The molecular weight excluding hydrogens is 376 g/mol. The van der Waals surface area contributed by atoms with E-state index in [1.165, 1.54) is 0 Å². The molecule has 0 bridgehead atoms. The molecule has 7 nitrogen and oxygen atoms in total. The van der Waals surface area contributed by atoms with Crippen LogP contribution in [0.15, 0.2) is 48.8 Å². The zero-order chi connectivity index (χ0) is 19.8. The van der Waals surface area contributed by atoms with Crippen LogP contribution in [0.25, 0.3) is 0 Å². The van der Waals surface area contributed by atoms with Crippen LogP contribution in [0, 0.1) is 0 Å². The van der Waals surface area contributed by atoms with Gasteiger partial charge < -0.3 is 15.4 Å². The molecule has 1 aromatic carbocycles. The summed E-state index contributed by atoms with van der Waals surface area (Å²) in [6.07, 6.45) is 3.96. The summed E-state index contributed by atoms with van der Waals surface area (Å²) in [6, 6.07) is 11.4. The molecule has 3 rings (SSSR count). The molecule has 2 heterocycles. The second-order valence-electron chi connectivity index (χ2n) is 6.52. The molecule has 3 N–H and O–H groups in total. The fraction of sp³-hybridized carbons (Fsp3) is 0.350. The maximum absolute atomic E-state index is 12.2. The van der Waals surface area contributed by atoms with Gasteiger partial charge in [-0.1, -0.05) is 18.2 Å². The standard InChI is InChI=1S/C20H24N4O3S/c1-27-17-6-2-4-14(8-17)13-28-20-23-16(10-19(26)24-20)9-18(25)22-12-15-5-3-7-21-11-15/h2-8,11,16,20,23H,9-10,12-13H2,1H3,(H,22,25)(H,24,26). The third-order valence-electron chi connectivity index (χ3n) is 4.31. The third kappa shape index (κ3) is 6.24. The summed E-state index contributed by atoms with van der Waals surface area (Å²) in [7, 11) is 1.64. The Kier molecular flexibility index (Phi) is 7.27. The first-order valence-corrected chi connectivity index (χ1v) is 10.1. The second kappa shape index (κ2) is 10.1. The van der Waals surface area contributed by atoms with Crippen LogP contribution in [0.2, 0.25) is 0 Å². The minimum absolute atomic E-state index is 0.0491. The summed E-state index contributed by atoms with van der Waals surface area (Å²) in [5, 5.41) is 9.13. The number of nitrogens with zero attached hydrogens (tertiary/aromatic N) is 1. The number of carbonyl (C=O) groups is 2. The Morgan fingerprint density at radius 2 is 2.18 bits per heavy atom. The van der Waals surface area contributed by atoms with E-state index < -0.39 is 0 Å². The highest BCUT2D eigenvalue weighted by Gasteiger charge is 2.27. The summed E-state index contributed by atoms with van der Waals surface area (Å²) in [6.45, 7) is 0.430. The van der Waals surface area contributed by atoms with Crippen LogP contribution in [0.1, 0.15) is 24.0 Å². The minimum Gasteiger partial charge on any atom is -0.497 e. The highest BCUT2D eigenvalue weighted by molar-refractivity contribution is 7.99. The first-order valence-electron chi connectivity index (χ1n) is 9.08. The number of amides is 2. The van der Waals surface area contributed by atoms with Gasteiger partial charge in [-0.25, -0.2) is 0 Å². The Morgan fingerprint density at radius 1 is 1.32 bits per heavy atom. The lowest BCUT2D eigenvalue weighted by molar-refractivity contribution is -0.125. The Hall–Kier alpha value is -2.58. The molecule has 0 saturated carbocycles. The van der Waals surface area contributed by atoms with E-state index in [-0.39, 0.29) is 36.2 Å². The van der Waals surface area contributed by atoms with Crippen molar-refractivity contribution in [2.24, 2.45) is 0 Å². The van der Waals surface area contributed by atoms with Crippen molar-refractivity contribution >= 4 is 23.6 Å².